The Morgan fingerprint density at radius 2 is 1.86 bits per heavy atom. The van der Waals surface area contributed by atoms with Gasteiger partial charge >= 0.3 is 5.97 Å². The summed E-state index contributed by atoms with van der Waals surface area (Å²) in [7, 11) is 1.48. The number of rotatable bonds is 7. The lowest BCUT2D eigenvalue weighted by Gasteiger charge is -2.38. The Labute approximate surface area is 209 Å². The molecule has 12 heteroatoms. The standard InChI is InChI=1S/C24H36N4O8/c1-6-12(3)17-21(33)28-20(23(35)26-11-16(30)31)24(4,7-2)36-15-10-13(8-9-14(15)29)19(32)18(25-5)22(34)27-17/h8-10,12,17-20,25,29,32H,6-7,11H2,1-5H3,(H,26,35)(H,27,34)(H,28,33)(H,30,31)/t12-,17+,18+,19-,20-,24-/m1/s1. The van der Waals surface area contributed by atoms with Crippen LogP contribution in [0, 0.1) is 5.92 Å². The predicted molar refractivity (Wildman–Crippen MR) is 129 cm³/mol. The largest absolute Gasteiger partial charge is 0.504 e. The second-order valence-electron chi connectivity index (χ2n) is 9.13. The van der Waals surface area contributed by atoms with Gasteiger partial charge in [0.05, 0.1) is 0 Å². The number of aromatic hydroxyl groups is 1. The van der Waals surface area contributed by atoms with Crippen molar-refractivity contribution < 1.29 is 39.2 Å². The van der Waals surface area contributed by atoms with Crippen LogP contribution in [-0.4, -0.2) is 76.3 Å². The number of carbonyl (C=O) groups is 4. The number of nitrogens with one attached hydrogen (secondary N) is 4. The van der Waals surface area contributed by atoms with Crippen LogP contribution >= 0.6 is 0 Å². The number of fused-ring (bicyclic) bond motifs is 2. The minimum absolute atomic E-state index is 0.0887. The lowest BCUT2D eigenvalue weighted by Crippen LogP contribution is -2.65. The zero-order valence-electron chi connectivity index (χ0n) is 21.1. The number of aliphatic hydroxyl groups is 1. The van der Waals surface area contributed by atoms with Crippen LogP contribution < -0.4 is 26.0 Å². The maximum Gasteiger partial charge on any atom is 0.322 e. The van der Waals surface area contributed by atoms with E-state index in [1.54, 1.807) is 13.8 Å². The van der Waals surface area contributed by atoms with E-state index < -0.39 is 60.1 Å². The van der Waals surface area contributed by atoms with E-state index in [1.165, 1.54) is 32.2 Å². The first-order valence-corrected chi connectivity index (χ1v) is 11.9. The molecule has 0 fully saturated rings. The summed E-state index contributed by atoms with van der Waals surface area (Å²) < 4.78 is 6.08. The van der Waals surface area contributed by atoms with Crippen LogP contribution in [0.1, 0.15) is 52.2 Å². The molecule has 6 atom stereocenters. The van der Waals surface area contributed by atoms with Crippen molar-refractivity contribution in [3.05, 3.63) is 23.8 Å². The average Bonchev–Trinajstić information content (AvgIpc) is 2.84. The first-order chi connectivity index (χ1) is 16.9. The number of phenols is 1. The molecule has 1 heterocycles. The molecule has 0 saturated heterocycles. The third-order valence-corrected chi connectivity index (χ3v) is 6.65. The van der Waals surface area contributed by atoms with Gasteiger partial charge in [0.2, 0.25) is 17.7 Å². The van der Waals surface area contributed by atoms with Crippen LogP contribution in [0.5, 0.6) is 11.5 Å². The molecule has 1 aliphatic rings. The second kappa shape index (κ2) is 12.0. The summed E-state index contributed by atoms with van der Waals surface area (Å²) in [5.74, 6) is -4.16. The van der Waals surface area contributed by atoms with Crippen molar-refractivity contribution in [2.45, 2.75) is 70.4 Å². The fourth-order valence-electron chi connectivity index (χ4n) is 3.94. The molecule has 36 heavy (non-hydrogen) atoms. The van der Waals surface area contributed by atoms with Gasteiger partial charge in [-0.1, -0.05) is 33.3 Å². The van der Waals surface area contributed by atoms with Gasteiger partial charge < -0.3 is 41.3 Å². The van der Waals surface area contributed by atoms with Crippen molar-refractivity contribution in [1.82, 2.24) is 21.3 Å². The summed E-state index contributed by atoms with van der Waals surface area (Å²) >= 11 is 0. The molecule has 0 spiro atoms. The first kappa shape index (κ1) is 28.9. The molecule has 0 radical (unpaired) electrons. The van der Waals surface area contributed by atoms with E-state index in [4.69, 9.17) is 9.84 Å². The molecule has 0 saturated carbocycles. The molecule has 2 bridgehead atoms. The molecule has 0 unspecified atom stereocenters. The highest BCUT2D eigenvalue weighted by molar-refractivity contribution is 5.94. The minimum Gasteiger partial charge on any atom is -0.504 e. The predicted octanol–water partition coefficient (Wildman–Crippen LogP) is -0.209. The van der Waals surface area contributed by atoms with Crippen LogP contribution in [0.4, 0.5) is 0 Å². The van der Waals surface area contributed by atoms with E-state index in [-0.39, 0.29) is 29.4 Å². The summed E-state index contributed by atoms with van der Waals surface area (Å²) in [4.78, 5) is 50.7. The van der Waals surface area contributed by atoms with Gasteiger partial charge in [0, 0.05) is 0 Å². The Morgan fingerprint density at radius 3 is 2.42 bits per heavy atom. The monoisotopic (exact) mass is 508 g/mol. The van der Waals surface area contributed by atoms with Crippen molar-refractivity contribution in [1.29, 1.82) is 0 Å². The van der Waals surface area contributed by atoms with E-state index >= 15 is 0 Å². The van der Waals surface area contributed by atoms with Gasteiger partial charge in [0.25, 0.3) is 0 Å². The Balaban J connectivity index is 2.68. The fraction of sp³-hybridized carbons (Fsp3) is 0.583. The number of likely N-dealkylation sites (N-methyl/N-ethyl adjacent to an activating group) is 1. The Morgan fingerprint density at radius 1 is 1.19 bits per heavy atom. The highest BCUT2D eigenvalue weighted by Gasteiger charge is 2.44. The molecule has 200 valence electrons. The molecule has 7 N–H and O–H groups in total. The zero-order chi connectivity index (χ0) is 27.2. The van der Waals surface area contributed by atoms with Crippen molar-refractivity contribution in [3.8, 4) is 11.5 Å². The fourth-order valence-corrected chi connectivity index (χ4v) is 3.94. The third kappa shape index (κ3) is 6.43. The van der Waals surface area contributed by atoms with Gasteiger partial charge in [0.15, 0.2) is 11.5 Å². The number of hydrogen-bond acceptors (Lipinski definition) is 8. The molecule has 12 nitrogen and oxygen atoms in total. The highest BCUT2D eigenvalue weighted by atomic mass is 16.5. The molecular formula is C24H36N4O8. The topological polar surface area (TPSA) is 186 Å². The third-order valence-electron chi connectivity index (χ3n) is 6.65. The van der Waals surface area contributed by atoms with E-state index in [2.05, 4.69) is 21.3 Å². The van der Waals surface area contributed by atoms with Crippen LogP contribution in [-0.2, 0) is 19.2 Å². The summed E-state index contributed by atoms with van der Waals surface area (Å²) in [6.07, 6.45) is -0.691. The van der Waals surface area contributed by atoms with E-state index in [1.807, 2.05) is 6.92 Å². The number of hydrogen-bond donors (Lipinski definition) is 7. The smallest absolute Gasteiger partial charge is 0.322 e. The number of amides is 3. The number of phenolic OH excluding ortho intramolecular Hbond substituents is 1. The van der Waals surface area contributed by atoms with Crippen molar-refractivity contribution in [2.24, 2.45) is 5.92 Å². The summed E-state index contributed by atoms with van der Waals surface area (Å²) in [6, 6.07) is 0.456. The van der Waals surface area contributed by atoms with Crippen LogP contribution in [0.15, 0.2) is 18.2 Å². The number of aliphatic hydroxyl groups excluding tert-OH is 1. The molecule has 2 rings (SSSR count). The van der Waals surface area contributed by atoms with Crippen LogP contribution in [0.3, 0.4) is 0 Å². The molecule has 0 aromatic heterocycles. The second-order valence-corrected chi connectivity index (χ2v) is 9.13. The van der Waals surface area contributed by atoms with Gasteiger partial charge in [-0.25, -0.2) is 0 Å². The SMILES string of the molecule is CC[C@@H](C)[C@@H]1NC(=O)[C@@H](NC)[C@H](O)c2ccc(O)c(c2)O[C@](C)(CC)[C@@H](C(=O)NCC(=O)O)NC1=O. The number of carbonyl (C=O) groups excluding carboxylic acids is 3. The van der Waals surface area contributed by atoms with Gasteiger partial charge in [-0.05, 0) is 44.0 Å². The van der Waals surface area contributed by atoms with Gasteiger partial charge in [-0.3, -0.25) is 19.2 Å². The van der Waals surface area contributed by atoms with E-state index in [0.29, 0.717) is 6.42 Å². The lowest BCUT2D eigenvalue weighted by atomic mass is 9.90. The van der Waals surface area contributed by atoms with Gasteiger partial charge in [-0.15, -0.1) is 0 Å². The quantitative estimate of drug-likeness (QED) is 0.262. The maximum atomic E-state index is 13.4. The lowest BCUT2D eigenvalue weighted by molar-refractivity contribution is -0.141. The Hall–Kier alpha value is -3.38. The normalized spacial score (nSPS) is 27.7. The number of benzene rings is 1. The molecular weight excluding hydrogens is 472 g/mol. The summed E-state index contributed by atoms with van der Waals surface area (Å²) in [5, 5.41) is 40.8. The number of carboxylic acid groups (broad SMARTS) is 1. The van der Waals surface area contributed by atoms with Crippen molar-refractivity contribution >= 4 is 23.7 Å². The zero-order valence-corrected chi connectivity index (χ0v) is 21.1. The minimum atomic E-state index is -1.46. The molecule has 1 aliphatic heterocycles. The average molecular weight is 509 g/mol. The Kier molecular flexibility index (Phi) is 9.65. The summed E-state index contributed by atoms with van der Waals surface area (Å²) in [6.45, 7) is 6.13. The molecule has 3 amide bonds. The van der Waals surface area contributed by atoms with Crippen molar-refractivity contribution in [2.75, 3.05) is 13.6 Å². The number of aliphatic carboxylic acids is 1. The van der Waals surface area contributed by atoms with E-state index in [0.717, 1.165) is 0 Å². The number of carboxylic acids is 1. The van der Waals surface area contributed by atoms with Crippen LogP contribution in [0.2, 0.25) is 0 Å². The van der Waals surface area contributed by atoms with Gasteiger partial charge in [-0.2, -0.15) is 0 Å². The summed E-state index contributed by atoms with van der Waals surface area (Å²) in [5.41, 5.74) is -1.21. The first-order valence-electron chi connectivity index (χ1n) is 11.9. The van der Waals surface area contributed by atoms with Crippen LogP contribution in [0.25, 0.3) is 0 Å². The molecule has 1 aromatic rings. The highest BCUT2D eigenvalue weighted by Crippen LogP contribution is 2.35. The maximum absolute atomic E-state index is 13.4. The van der Waals surface area contributed by atoms with Crippen molar-refractivity contribution in [3.63, 3.8) is 0 Å². The number of ether oxygens (including phenoxy) is 1. The molecule has 1 aromatic carbocycles. The Bertz CT molecular complexity index is 987. The van der Waals surface area contributed by atoms with E-state index in [9.17, 15) is 29.4 Å². The van der Waals surface area contributed by atoms with Gasteiger partial charge in [0.1, 0.15) is 36.4 Å². The molecule has 0 aliphatic carbocycles.